The number of carbonyl (C=O) groups excluding carboxylic acids is 2. The van der Waals surface area contributed by atoms with Crippen molar-refractivity contribution in [1.29, 1.82) is 0 Å². The number of sulfonamides is 1. The quantitative estimate of drug-likeness (QED) is 0.243. The van der Waals surface area contributed by atoms with E-state index in [1.54, 1.807) is 19.1 Å². The molecule has 0 unspecified atom stereocenters. The maximum atomic E-state index is 15.1. The lowest BCUT2D eigenvalue weighted by atomic mass is 9.99. The second kappa shape index (κ2) is 9.26. The van der Waals surface area contributed by atoms with E-state index >= 15 is 4.39 Å². The number of H-pyrrole nitrogens is 1. The van der Waals surface area contributed by atoms with Gasteiger partial charge in [-0.2, -0.15) is 0 Å². The predicted molar refractivity (Wildman–Crippen MR) is 126 cm³/mol. The van der Waals surface area contributed by atoms with Crippen LogP contribution < -0.4 is 4.72 Å². The fourth-order valence-electron chi connectivity index (χ4n) is 3.63. The predicted octanol–water partition coefficient (Wildman–Crippen LogP) is 4.41. The van der Waals surface area contributed by atoms with Crippen LogP contribution in [0.1, 0.15) is 39.6 Å². The third kappa shape index (κ3) is 4.62. The molecule has 0 aliphatic heterocycles. The number of hydrogen-bond donors (Lipinski definition) is 3. The zero-order valence-corrected chi connectivity index (χ0v) is 19.1. The first-order valence-electron chi connectivity index (χ1n) is 10.4. The number of carbonyl (C=O) groups is 2. The minimum Gasteiger partial charge on any atom is -0.507 e. The summed E-state index contributed by atoms with van der Waals surface area (Å²) in [6.07, 6.45) is 3.50. The van der Waals surface area contributed by atoms with E-state index in [2.05, 4.69) is 9.97 Å². The molecule has 0 saturated carbocycles. The lowest BCUT2D eigenvalue weighted by Crippen LogP contribution is -2.18. The number of nitrogens with one attached hydrogen (secondary N) is 2. The summed E-state index contributed by atoms with van der Waals surface area (Å²) in [5.41, 5.74) is -0.206. The van der Waals surface area contributed by atoms with E-state index < -0.39 is 38.7 Å². The summed E-state index contributed by atoms with van der Waals surface area (Å²) >= 11 is 0. The summed E-state index contributed by atoms with van der Waals surface area (Å²) in [7, 11) is -3.88. The van der Waals surface area contributed by atoms with Gasteiger partial charge in [0.25, 0.3) is 0 Å². The Morgan fingerprint density at radius 2 is 1.94 bits per heavy atom. The van der Waals surface area contributed by atoms with E-state index in [0.717, 1.165) is 12.1 Å². The highest BCUT2D eigenvalue weighted by atomic mass is 32.2. The van der Waals surface area contributed by atoms with Gasteiger partial charge >= 0.3 is 0 Å². The number of rotatable bonds is 8. The van der Waals surface area contributed by atoms with Gasteiger partial charge in [0.15, 0.2) is 12.1 Å². The van der Waals surface area contributed by atoms with Crippen LogP contribution in [0.3, 0.4) is 0 Å². The van der Waals surface area contributed by atoms with Crippen molar-refractivity contribution in [1.82, 2.24) is 9.97 Å². The molecule has 0 aliphatic rings. The number of ketones is 1. The zero-order valence-electron chi connectivity index (χ0n) is 18.3. The maximum Gasteiger partial charge on any atom is 0.232 e. The summed E-state index contributed by atoms with van der Waals surface area (Å²) in [4.78, 5) is 31.1. The normalized spacial score (nSPS) is 11.5. The van der Waals surface area contributed by atoms with Gasteiger partial charge in [0.2, 0.25) is 15.8 Å². The number of aromatic nitrogens is 2. The fraction of sp³-hybridized carbons (Fsp3) is 0.125. The molecule has 8 nitrogen and oxygen atoms in total. The van der Waals surface area contributed by atoms with Crippen LogP contribution in [0, 0.1) is 11.6 Å². The van der Waals surface area contributed by atoms with Crippen molar-refractivity contribution in [2.24, 2.45) is 0 Å². The standard InChI is InChI=1S/C24H19F2N3O5S/c1-2-7-35(33,34)29-19-6-5-18(25)21(22(19)26)23(32)17-11-28-24-16(17)8-15(10-27-24)13-3-4-14(12-30)20(31)9-13/h3-6,8-12,29,31H,2,7H2,1H3,(H,27,28). The molecule has 180 valence electrons. The van der Waals surface area contributed by atoms with Gasteiger partial charge in [0, 0.05) is 28.9 Å². The summed E-state index contributed by atoms with van der Waals surface area (Å²) in [5, 5.41) is 10.2. The van der Waals surface area contributed by atoms with Gasteiger partial charge in [0.05, 0.1) is 22.6 Å². The lowest BCUT2D eigenvalue weighted by molar-refractivity contribution is 0.103. The number of benzene rings is 2. The van der Waals surface area contributed by atoms with Crippen LogP contribution in [0.2, 0.25) is 0 Å². The second-order valence-electron chi connectivity index (χ2n) is 7.75. The largest absolute Gasteiger partial charge is 0.507 e. The molecule has 0 fully saturated rings. The van der Waals surface area contributed by atoms with Crippen LogP contribution in [0.25, 0.3) is 22.2 Å². The van der Waals surface area contributed by atoms with Gasteiger partial charge in [0.1, 0.15) is 17.2 Å². The minimum atomic E-state index is -3.88. The second-order valence-corrected chi connectivity index (χ2v) is 9.59. The molecule has 2 aromatic heterocycles. The number of phenolic OH excluding ortho intramolecular Hbond substituents is 1. The van der Waals surface area contributed by atoms with Gasteiger partial charge in [-0.3, -0.25) is 14.3 Å². The molecule has 0 amide bonds. The monoisotopic (exact) mass is 499 g/mol. The van der Waals surface area contributed by atoms with Gasteiger partial charge in [-0.1, -0.05) is 13.0 Å². The van der Waals surface area contributed by atoms with Crippen molar-refractivity contribution in [3.63, 3.8) is 0 Å². The van der Waals surface area contributed by atoms with Crippen molar-refractivity contribution in [2.45, 2.75) is 13.3 Å². The Bertz CT molecular complexity index is 1580. The number of hydrogen-bond acceptors (Lipinski definition) is 6. The van der Waals surface area contributed by atoms with E-state index in [0.29, 0.717) is 17.4 Å². The van der Waals surface area contributed by atoms with E-state index in [-0.39, 0.29) is 40.1 Å². The summed E-state index contributed by atoms with van der Waals surface area (Å²) in [6, 6.07) is 7.62. The molecule has 2 heterocycles. The first-order valence-corrected chi connectivity index (χ1v) is 12.1. The smallest absolute Gasteiger partial charge is 0.232 e. The highest BCUT2D eigenvalue weighted by Crippen LogP contribution is 2.31. The number of halogens is 2. The number of pyridine rings is 1. The van der Waals surface area contributed by atoms with Gasteiger partial charge < -0.3 is 10.1 Å². The maximum absolute atomic E-state index is 15.1. The van der Waals surface area contributed by atoms with Crippen molar-refractivity contribution in [3.05, 3.63) is 77.1 Å². The summed E-state index contributed by atoms with van der Waals surface area (Å²) in [6.45, 7) is 1.63. The third-order valence-electron chi connectivity index (χ3n) is 5.32. The van der Waals surface area contributed by atoms with Gasteiger partial charge in [-0.15, -0.1) is 0 Å². The molecule has 0 aliphatic carbocycles. The Morgan fingerprint density at radius 3 is 2.63 bits per heavy atom. The first kappa shape index (κ1) is 24.0. The molecule has 0 saturated heterocycles. The number of fused-ring (bicyclic) bond motifs is 1. The minimum absolute atomic E-state index is 0.0885. The van der Waals surface area contributed by atoms with Crippen molar-refractivity contribution < 1.29 is 31.9 Å². The molecule has 0 bridgehead atoms. The van der Waals surface area contributed by atoms with Gasteiger partial charge in [-0.05, 0) is 42.3 Å². The van der Waals surface area contributed by atoms with E-state index in [1.165, 1.54) is 24.5 Å². The zero-order chi connectivity index (χ0) is 25.3. The molecule has 35 heavy (non-hydrogen) atoms. The molecule has 3 N–H and O–H groups in total. The van der Waals surface area contributed by atoms with Crippen LogP contribution >= 0.6 is 0 Å². The average molecular weight is 499 g/mol. The molecular weight excluding hydrogens is 480 g/mol. The SMILES string of the molecule is CCCS(=O)(=O)Nc1ccc(F)c(C(=O)c2c[nH]c3ncc(-c4ccc(C=O)c(O)c4)cc23)c1F. The van der Waals surface area contributed by atoms with Crippen molar-refractivity contribution >= 4 is 38.8 Å². The van der Waals surface area contributed by atoms with Crippen LogP contribution in [0.4, 0.5) is 14.5 Å². The molecule has 4 aromatic rings. The highest BCUT2D eigenvalue weighted by Gasteiger charge is 2.26. The Balaban J connectivity index is 1.78. The van der Waals surface area contributed by atoms with E-state index in [4.69, 9.17) is 0 Å². The van der Waals surface area contributed by atoms with Crippen LogP contribution in [0.15, 0.2) is 48.8 Å². The number of anilines is 1. The van der Waals surface area contributed by atoms with Gasteiger partial charge in [-0.25, -0.2) is 22.2 Å². The molecule has 2 aromatic carbocycles. The van der Waals surface area contributed by atoms with E-state index in [1.807, 2.05) is 4.72 Å². The topological polar surface area (TPSA) is 129 Å². The van der Waals surface area contributed by atoms with Crippen LogP contribution in [0.5, 0.6) is 5.75 Å². The summed E-state index contributed by atoms with van der Waals surface area (Å²) in [5.74, 6) is -4.01. The first-order chi connectivity index (χ1) is 16.6. The average Bonchev–Trinajstić information content (AvgIpc) is 3.24. The Morgan fingerprint density at radius 1 is 1.17 bits per heavy atom. The summed E-state index contributed by atoms with van der Waals surface area (Å²) < 4.78 is 55.9. The number of aromatic amines is 1. The number of aromatic hydroxyl groups is 1. The molecule has 11 heteroatoms. The number of aldehydes is 1. The van der Waals surface area contributed by atoms with E-state index in [9.17, 15) is 27.5 Å². The molecule has 4 rings (SSSR count). The third-order valence-corrected chi connectivity index (χ3v) is 6.80. The number of nitrogens with zero attached hydrogens (tertiary/aromatic N) is 1. The lowest BCUT2D eigenvalue weighted by Gasteiger charge is -2.11. The van der Waals surface area contributed by atoms with Crippen LogP contribution in [-0.4, -0.2) is 41.3 Å². The molecular formula is C24H19F2N3O5S. The van der Waals surface area contributed by atoms with Crippen molar-refractivity contribution in [2.75, 3.05) is 10.5 Å². The molecule has 0 spiro atoms. The Hall–Kier alpha value is -4.12. The Labute approximate surface area is 198 Å². The molecule has 0 radical (unpaired) electrons. The number of phenols is 1. The van der Waals surface area contributed by atoms with Crippen LogP contribution in [-0.2, 0) is 10.0 Å². The highest BCUT2D eigenvalue weighted by molar-refractivity contribution is 7.92. The van der Waals surface area contributed by atoms with Crippen molar-refractivity contribution in [3.8, 4) is 16.9 Å². The fourth-order valence-corrected chi connectivity index (χ4v) is 4.77. The Kier molecular flexibility index (Phi) is 6.35. The molecule has 0 atom stereocenters.